The molecule has 0 aromatic carbocycles. The molecule has 0 unspecified atom stereocenters. The first-order valence-corrected chi connectivity index (χ1v) is 6.78. The quantitative estimate of drug-likeness (QED) is 0.714. The Labute approximate surface area is 92.7 Å². The summed E-state index contributed by atoms with van der Waals surface area (Å²) in [6.45, 7) is 2.58. The zero-order chi connectivity index (χ0) is 10.3. The van der Waals surface area contributed by atoms with Gasteiger partial charge < -0.3 is 10.0 Å². The van der Waals surface area contributed by atoms with E-state index in [-0.39, 0.29) is 6.10 Å². The fourth-order valence-corrected chi connectivity index (χ4v) is 4.14. The minimum atomic E-state index is 0.0330. The standard InChI is InChI=1S/C13H23NO/c15-13-10-4-6-11(13)12(7-5-10)14-8-2-1-3-9-14/h10-13,15H,1-9H2/t10-,11+,12-,13+/m0/s1. The number of aliphatic hydroxyl groups excluding tert-OH is 1. The van der Waals surface area contributed by atoms with Crippen LogP contribution in [-0.2, 0) is 0 Å². The van der Waals surface area contributed by atoms with E-state index in [0.717, 1.165) is 6.04 Å². The SMILES string of the molecule is O[C@@H]1[C@H]2CC[C@@H]1[C@@H](N1CCCCC1)CC2. The monoisotopic (exact) mass is 209 g/mol. The third kappa shape index (κ3) is 1.72. The molecule has 0 aromatic heterocycles. The first kappa shape index (κ1) is 10.1. The number of hydrogen-bond acceptors (Lipinski definition) is 2. The van der Waals surface area contributed by atoms with Crippen LogP contribution in [0.25, 0.3) is 0 Å². The Morgan fingerprint density at radius 3 is 2.40 bits per heavy atom. The summed E-state index contributed by atoms with van der Waals surface area (Å²) in [6, 6.07) is 0.721. The zero-order valence-electron chi connectivity index (χ0n) is 9.57. The number of likely N-dealkylation sites (tertiary alicyclic amines) is 1. The molecule has 15 heavy (non-hydrogen) atoms. The second-order valence-electron chi connectivity index (χ2n) is 5.73. The molecule has 86 valence electrons. The molecule has 0 amide bonds. The smallest absolute Gasteiger partial charge is 0.0611 e. The molecule has 1 N–H and O–H groups in total. The van der Waals surface area contributed by atoms with Crippen LogP contribution in [0, 0.1) is 11.8 Å². The Morgan fingerprint density at radius 2 is 1.60 bits per heavy atom. The van der Waals surface area contributed by atoms with Crippen LogP contribution in [-0.4, -0.2) is 35.2 Å². The first-order valence-electron chi connectivity index (χ1n) is 6.78. The molecule has 1 aliphatic heterocycles. The molecular formula is C13H23NO. The Kier molecular flexibility index (Phi) is 2.73. The highest BCUT2D eigenvalue weighted by Gasteiger charge is 2.45. The van der Waals surface area contributed by atoms with E-state index in [0.29, 0.717) is 11.8 Å². The summed E-state index contributed by atoms with van der Waals surface area (Å²) in [5, 5.41) is 10.2. The maximum atomic E-state index is 10.2. The molecule has 0 radical (unpaired) electrons. The molecule has 4 atom stereocenters. The fraction of sp³-hybridized carbons (Fsp3) is 1.00. The minimum absolute atomic E-state index is 0.0330. The molecule has 3 fully saturated rings. The van der Waals surface area contributed by atoms with Crippen molar-refractivity contribution in [3.8, 4) is 0 Å². The number of nitrogens with zero attached hydrogens (tertiary/aromatic N) is 1. The van der Waals surface area contributed by atoms with Gasteiger partial charge in [-0.3, -0.25) is 0 Å². The van der Waals surface area contributed by atoms with Gasteiger partial charge in [0.2, 0.25) is 0 Å². The lowest BCUT2D eigenvalue weighted by Gasteiger charge is -2.42. The lowest BCUT2D eigenvalue weighted by molar-refractivity contribution is -0.00651. The van der Waals surface area contributed by atoms with Crippen LogP contribution in [0.3, 0.4) is 0 Å². The van der Waals surface area contributed by atoms with Gasteiger partial charge in [0.15, 0.2) is 0 Å². The molecule has 3 aliphatic rings. The van der Waals surface area contributed by atoms with Crippen molar-refractivity contribution in [2.24, 2.45) is 11.8 Å². The maximum absolute atomic E-state index is 10.2. The third-order valence-electron chi connectivity index (χ3n) is 4.98. The summed E-state index contributed by atoms with van der Waals surface area (Å²) in [5.74, 6) is 1.26. The van der Waals surface area contributed by atoms with Gasteiger partial charge >= 0.3 is 0 Å². The van der Waals surface area contributed by atoms with Crippen molar-refractivity contribution in [3.63, 3.8) is 0 Å². The Morgan fingerprint density at radius 1 is 0.867 bits per heavy atom. The van der Waals surface area contributed by atoms with Gasteiger partial charge in [0.05, 0.1) is 6.10 Å². The topological polar surface area (TPSA) is 23.5 Å². The van der Waals surface area contributed by atoms with Crippen molar-refractivity contribution in [3.05, 3.63) is 0 Å². The molecule has 0 aromatic rings. The number of piperidine rings is 1. The molecule has 2 nitrogen and oxygen atoms in total. The van der Waals surface area contributed by atoms with Crippen molar-refractivity contribution >= 4 is 0 Å². The normalized spacial score (nSPS) is 47.0. The maximum Gasteiger partial charge on any atom is 0.0611 e. The molecule has 2 heteroatoms. The molecule has 0 spiro atoms. The molecule has 2 aliphatic carbocycles. The molecule has 1 saturated heterocycles. The highest BCUT2D eigenvalue weighted by atomic mass is 16.3. The lowest BCUT2D eigenvalue weighted by Crippen LogP contribution is -2.48. The Hall–Kier alpha value is -0.0800. The largest absolute Gasteiger partial charge is 0.392 e. The van der Waals surface area contributed by atoms with E-state index in [1.807, 2.05) is 0 Å². The molecule has 3 rings (SSSR count). The molecule has 1 heterocycles. The number of rotatable bonds is 1. The summed E-state index contributed by atoms with van der Waals surface area (Å²) >= 11 is 0. The first-order chi connectivity index (χ1) is 7.36. The summed E-state index contributed by atoms with van der Waals surface area (Å²) in [5.41, 5.74) is 0. The lowest BCUT2D eigenvalue weighted by atomic mass is 9.81. The van der Waals surface area contributed by atoms with Crippen molar-refractivity contribution in [2.75, 3.05) is 13.1 Å². The number of fused-ring (bicyclic) bond motifs is 2. The number of aliphatic hydroxyl groups is 1. The van der Waals surface area contributed by atoms with Gasteiger partial charge in [0, 0.05) is 12.0 Å². The van der Waals surface area contributed by atoms with Gasteiger partial charge in [0.1, 0.15) is 0 Å². The predicted octanol–water partition coefficient (Wildman–Crippen LogP) is 2.02. The van der Waals surface area contributed by atoms with Crippen LogP contribution in [0.4, 0.5) is 0 Å². The molecular weight excluding hydrogens is 186 g/mol. The molecule has 2 saturated carbocycles. The fourth-order valence-electron chi connectivity index (χ4n) is 4.14. The van der Waals surface area contributed by atoms with E-state index in [1.165, 1.54) is 58.0 Å². The van der Waals surface area contributed by atoms with Gasteiger partial charge in [-0.2, -0.15) is 0 Å². The van der Waals surface area contributed by atoms with E-state index in [9.17, 15) is 5.11 Å². The van der Waals surface area contributed by atoms with Crippen molar-refractivity contribution < 1.29 is 5.11 Å². The Bertz CT molecular complexity index is 225. The third-order valence-corrected chi connectivity index (χ3v) is 4.98. The number of hydrogen-bond donors (Lipinski definition) is 1. The highest BCUT2D eigenvalue weighted by Crippen LogP contribution is 2.44. The van der Waals surface area contributed by atoms with Gasteiger partial charge in [0.25, 0.3) is 0 Å². The van der Waals surface area contributed by atoms with Gasteiger partial charge in [-0.1, -0.05) is 6.42 Å². The van der Waals surface area contributed by atoms with Crippen molar-refractivity contribution in [1.82, 2.24) is 4.90 Å². The molecule has 2 bridgehead atoms. The highest BCUT2D eigenvalue weighted by molar-refractivity contribution is 4.97. The van der Waals surface area contributed by atoms with E-state index in [2.05, 4.69) is 4.90 Å². The van der Waals surface area contributed by atoms with E-state index < -0.39 is 0 Å². The average Bonchev–Trinajstić information content (AvgIpc) is 2.54. The van der Waals surface area contributed by atoms with E-state index >= 15 is 0 Å². The summed E-state index contributed by atoms with van der Waals surface area (Å²) < 4.78 is 0. The van der Waals surface area contributed by atoms with E-state index in [1.54, 1.807) is 0 Å². The second-order valence-corrected chi connectivity index (χ2v) is 5.73. The van der Waals surface area contributed by atoms with Crippen LogP contribution < -0.4 is 0 Å². The van der Waals surface area contributed by atoms with E-state index in [4.69, 9.17) is 0 Å². The van der Waals surface area contributed by atoms with Gasteiger partial charge in [-0.15, -0.1) is 0 Å². The summed E-state index contributed by atoms with van der Waals surface area (Å²) in [4.78, 5) is 2.68. The average molecular weight is 209 g/mol. The Balaban J connectivity index is 1.69. The van der Waals surface area contributed by atoms with Crippen molar-refractivity contribution in [1.29, 1.82) is 0 Å². The summed E-state index contributed by atoms with van der Waals surface area (Å²) in [6.07, 6.45) is 9.41. The van der Waals surface area contributed by atoms with Gasteiger partial charge in [-0.05, 0) is 57.5 Å². The van der Waals surface area contributed by atoms with Crippen LogP contribution in [0.5, 0.6) is 0 Å². The van der Waals surface area contributed by atoms with Crippen LogP contribution in [0.2, 0.25) is 0 Å². The van der Waals surface area contributed by atoms with Crippen LogP contribution in [0.1, 0.15) is 44.9 Å². The van der Waals surface area contributed by atoms with Crippen LogP contribution >= 0.6 is 0 Å². The minimum Gasteiger partial charge on any atom is -0.392 e. The van der Waals surface area contributed by atoms with Crippen molar-refractivity contribution in [2.45, 2.75) is 57.1 Å². The second kappa shape index (κ2) is 4.06. The predicted molar refractivity (Wildman–Crippen MR) is 60.7 cm³/mol. The zero-order valence-corrected chi connectivity index (χ0v) is 9.57. The van der Waals surface area contributed by atoms with Crippen LogP contribution in [0.15, 0.2) is 0 Å². The van der Waals surface area contributed by atoms with Gasteiger partial charge in [-0.25, -0.2) is 0 Å². The summed E-state index contributed by atoms with van der Waals surface area (Å²) in [7, 11) is 0.